The molecule has 1 aliphatic rings. The highest BCUT2D eigenvalue weighted by Gasteiger charge is 2.33. The van der Waals surface area contributed by atoms with Crippen LogP contribution in [0.3, 0.4) is 0 Å². The number of methoxy groups -OCH3 is 1. The molecule has 0 saturated carbocycles. The minimum absolute atomic E-state index is 0.322. The van der Waals surface area contributed by atoms with Crippen molar-refractivity contribution in [1.29, 1.82) is 0 Å². The van der Waals surface area contributed by atoms with Gasteiger partial charge >= 0.3 is 0 Å². The van der Waals surface area contributed by atoms with E-state index in [0.717, 1.165) is 30.4 Å². The van der Waals surface area contributed by atoms with Crippen molar-refractivity contribution in [2.45, 2.75) is 37.7 Å². The zero-order valence-corrected chi connectivity index (χ0v) is 11.1. The van der Waals surface area contributed by atoms with E-state index >= 15 is 0 Å². The highest BCUT2D eigenvalue weighted by Crippen LogP contribution is 2.35. The smallest absolute Gasteiger partial charge is 0.134 e. The Morgan fingerprint density at radius 1 is 1.17 bits per heavy atom. The summed E-state index contributed by atoms with van der Waals surface area (Å²) in [4.78, 5) is 0. The third-order valence-corrected chi connectivity index (χ3v) is 3.68. The largest absolute Gasteiger partial charge is 0.381 e. The van der Waals surface area contributed by atoms with E-state index in [1.807, 2.05) is 30.3 Å². The molecular formula is C16H22O2. The van der Waals surface area contributed by atoms with Gasteiger partial charge in [0.2, 0.25) is 0 Å². The standard InChI is InChI=1S/C16H22O2/c1-18-13-16(17,15-11-7-4-8-12-15)14-9-5-2-3-6-10-14/h4,7-9,11-12,17H,2-3,5-6,10,13H2,1H3. The third kappa shape index (κ3) is 2.82. The summed E-state index contributed by atoms with van der Waals surface area (Å²) in [6.45, 7) is 0.322. The lowest BCUT2D eigenvalue weighted by Gasteiger charge is -2.31. The summed E-state index contributed by atoms with van der Waals surface area (Å²) in [5.74, 6) is 0. The van der Waals surface area contributed by atoms with Gasteiger partial charge in [-0.05, 0) is 36.8 Å². The molecule has 98 valence electrons. The maximum Gasteiger partial charge on any atom is 0.134 e. The lowest BCUT2D eigenvalue weighted by Crippen LogP contribution is -2.33. The lowest BCUT2D eigenvalue weighted by molar-refractivity contribution is -0.00903. The molecule has 1 atom stereocenters. The molecule has 0 bridgehead atoms. The number of hydrogen-bond acceptors (Lipinski definition) is 2. The normalized spacial score (nSPS) is 19.8. The van der Waals surface area contributed by atoms with Gasteiger partial charge in [-0.15, -0.1) is 0 Å². The van der Waals surface area contributed by atoms with E-state index in [9.17, 15) is 5.11 Å². The molecule has 1 aromatic rings. The van der Waals surface area contributed by atoms with Crippen LogP contribution in [0, 0.1) is 0 Å². The van der Waals surface area contributed by atoms with E-state index < -0.39 is 5.60 Å². The minimum Gasteiger partial charge on any atom is -0.381 e. The van der Waals surface area contributed by atoms with Crippen LogP contribution in [-0.2, 0) is 10.3 Å². The van der Waals surface area contributed by atoms with Crippen LogP contribution >= 0.6 is 0 Å². The van der Waals surface area contributed by atoms with Crippen LogP contribution in [0.15, 0.2) is 42.0 Å². The molecule has 1 aliphatic carbocycles. The topological polar surface area (TPSA) is 29.5 Å². The van der Waals surface area contributed by atoms with Crippen molar-refractivity contribution in [1.82, 2.24) is 0 Å². The molecule has 1 aromatic carbocycles. The van der Waals surface area contributed by atoms with Gasteiger partial charge in [-0.25, -0.2) is 0 Å². The Morgan fingerprint density at radius 3 is 2.67 bits per heavy atom. The molecule has 0 saturated heterocycles. The maximum atomic E-state index is 11.0. The van der Waals surface area contributed by atoms with Crippen molar-refractivity contribution >= 4 is 0 Å². The second-order valence-electron chi connectivity index (χ2n) is 4.99. The van der Waals surface area contributed by atoms with Crippen molar-refractivity contribution in [2.24, 2.45) is 0 Å². The molecule has 0 amide bonds. The Labute approximate surface area is 109 Å². The average Bonchev–Trinajstić information content (AvgIpc) is 2.69. The quantitative estimate of drug-likeness (QED) is 0.825. The van der Waals surface area contributed by atoms with E-state index in [1.165, 1.54) is 12.8 Å². The first-order valence-corrected chi connectivity index (χ1v) is 6.74. The van der Waals surface area contributed by atoms with Gasteiger partial charge in [0, 0.05) is 7.11 Å². The van der Waals surface area contributed by atoms with E-state index in [-0.39, 0.29) is 0 Å². The monoisotopic (exact) mass is 246 g/mol. The van der Waals surface area contributed by atoms with Crippen molar-refractivity contribution in [2.75, 3.05) is 13.7 Å². The molecule has 2 rings (SSSR count). The van der Waals surface area contributed by atoms with Gasteiger partial charge in [0.05, 0.1) is 6.61 Å². The molecule has 0 heterocycles. The van der Waals surface area contributed by atoms with Gasteiger partial charge in [-0.3, -0.25) is 0 Å². The number of aliphatic hydroxyl groups is 1. The third-order valence-electron chi connectivity index (χ3n) is 3.68. The summed E-state index contributed by atoms with van der Waals surface area (Å²) in [6.07, 6.45) is 7.87. The second-order valence-corrected chi connectivity index (χ2v) is 4.99. The van der Waals surface area contributed by atoms with Crippen LogP contribution in [0.1, 0.15) is 37.7 Å². The summed E-state index contributed by atoms with van der Waals surface area (Å²) in [5.41, 5.74) is 1.09. The second kappa shape index (κ2) is 6.17. The highest BCUT2D eigenvalue weighted by molar-refractivity contribution is 5.33. The molecule has 0 spiro atoms. The summed E-state index contributed by atoms with van der Waals surface area (Å²) >= 11 is 0. The maximum absolute atomic E-state index is 11.0. The van der Waals surface area contributed by atoms with E-state index in [2.05, 4.69) is 6.08 Å². The van der Waals surface area contributed by atoms with E-state index in [0.29, 0.717) is 6.61 Å². The van der Waals surface area contributed by atoms with Gasteiger partial charge < -0.3 is 9.84 Å². The molecule has 1 unspecified atom stereocenters. The Bertz CT molecular complexity index is 397. The number of hydrogen-bond donors (Lipinski definition) is 1. The van der Waals surface area contributed by atoms with Crippen molar-refractivity contribution < 1.29 is 9.84 Å². The fraction of sp³-hybridized carbons (Fsp3) is 0.500. The molecular weight excluding hydrogens is 224 g/mol. The summed E-state index contributed by atoms with van der Waals surface area (Å²) in [6, 6.07) is 9.86. The average molecular weight is 246 g/mol. The molecule has 0 radical (unpaired) electrons. The summed E-state index contributed by atoms with van der Waals surface area (Å²) in [5, 5.41) is 11.0. The van der Waals surface area contributed by atoms with Crippen LogP contribution in [0.25, 0.3) is 0 Å². The molecule has 0 aliphatic heterocycles. The number of allylic oxidation sites excluding steroid dienone is 1. The van der Waals surface area contributed by atoms with Gasteiger partial charge in [0.15, 0.2) is 0 Å². The lowest BCUT2D eigenvalue weighted by atomic mass is 9.84. The zero-order chi connectivity index (χ0) is 12.8. The van der Waals surface area contributed by atoms with Crippen LogP contribution < -0.4 is 0 Å². The summed E-state index contributed by atoms with van der Waals surface area (Å²) in [7, 11) is 1.64. The van der Waals surface area contributed by atoms with E-state index in [1.54, 1.807) is 7.11 Å². The van der Waals surface area contributed by atoms with Crippen molar-refractivity contribution in [3.8, 4) is 0 Å². The van der Waals surface area contributed by atoms with Crippen LogP contribution in [-0.4, -0.2) is 18.8 Å². The zero-order valence-electron chi connectivity index (χ0n) is 11.1. The molecule has 2 nitrogen and oxygen atoms in total. The molecule has 2 heteroatoms. The first-order valence-electron chi connectivity index (χ1n) is 6.74. The Morgan fingerprint density at radius 2 is 1.94 bits per heavy atom. The first-order chi connectivity index (χ1) is 8.77. The number of benzene rings is 1. The van der Waals surface area contributed by atoms with Gasteiger partial charge in [-0.1, -0.05) is 42.8 Å². The number of rotatable bonds is 4. The SMILES string of the molecule is COCC(O)(C1=CCCCCC1)c1ccccc1. The fourth-order valence-electron chi connectivity index (χ4n) is 2.67. The number of ether oxygens (including phenoxy) is 1. The van der Waals surface area contributed by atoms with Crippen LogP contribution in [0.5, 0.6) is 0 Å². The van der Waals surface area contributed by atoms with E-state index in [4.69, 9.17) is 4.74 Å². The predicted molar refractivity (Wildman–Crippen MR) is 73.4 cm³/mol. The van der Waals surface area contributed by atoms with Gasteiger partial charge in [-0.2, -0.15) is 0 Å². The van der Waals surface area contributed by atoms with Gasteiger partial charge in [0.1, 0.15) is 5.60 Å². The Kier molecular flexibility index (Phi) is 4.56. The minimum atomic E-state index is -0.958. The van der Waals surface area contributed by atoms with Gasteiger partial charge in [0.25, 0.3) is 0 Å². The van der Waals surface area contributed by atoms with Crippen LogP contribution in [0.4, 0.5) is 0 Å². The molecule has 0 aromatic heterocycles. The van der Waals surface area contributed by atoms with Crippen molar-refractivity contribution in [3.05, 3.63) is 47.5 Å². The molecule has 0 fully saturated rings. The molecule has 18 heavy (non-hydrogen) atoms. The first kappa shape index (κ1) is 13.3. The predicted octanol–water partition coefficient (Wildman–Crippen LogP) is 3.41. The highest BCUT2D eigenvalue weighted by atomic mass is 16.5. The Balaban J connectivity index is 2.33. The fourth-order valence-corrected chi connectivity index (χ4v) is 2.67. The summed E-state index contributed by atoms with van der Waals surface area (Å²) < 4.78 is 5.26. The van der Waals surface area contributed by atoms with Crippen LogP contribution in [0.2, 0.25) is 0 Å². The molecule has 1 N–H and O–H groups in total. The van der Waals surface area contributed by atoms with Crippen molar-refractivity contribution in [3.63, 3.8) is 0 Å². The Hall–Kier alpha value is -1.12.